The first-order valence-corrected chi connectivity index (χ1v) is 6.91. The van der Waals surface area contributed by atoms with Gasteiger partial charge < -0.3 is 5.32 Å². The van der Waals surface area contributed by atoms with Gasteiger partial charge >= 0.3 is 5.69 Å². The average molecular weight is 357 g/mol. The van der Waals surface area contributed by atoms with Gasteiger partial charge in [-0.25, -0.2) is 0 Å². The minimum absolute atomic E-state index is 0.177. The minimum Gasteiger partial charge on any atom is -0.350 e. The van der Waals surface area contributed by atoms with E-state index in [1.807, 2.05) is 6.20 Å². The third-order valence-electron chi connectivity index (χ3n) is 2.67. The van der Waals surface area contributed by atoms with Crippen molar-refractivity contribution in [3.8, 4) is 0 Å². The number of aromatic nitrogens is 4. The zero-order chi connectivity index (χ0) is 15.4. The van der Waals surface area contributed by atoms with Crippen molar-refractivity contribution in [3.05, 3.63) is 38.9 Å². The predicted octanol–water partition coefficient (Wildman–Crippen LogP) is 1.11. The van der Waals surface area contributed by atoms with Crippen LogP contribution in [0.5, 0.6) is 0 Å². The van der Waals surface area contributed by atoms with Gasteiger partial charge in [-0.1, -0.05) is 0 Å². The number of nitrogens with one attached hydrogen (secondary N) is 1. The Kier molecular flexibility index (Phi) is 4.68. The van der Waals surface area contributed by atoms with E-state index >= 15 is 0 Å². The van der Waals surface area contributed by atoms with E-state index in [9.17, 15) is 14.9 Å². The summed E-state index contributed by atoms with van der Waals surface area (Å²) in [6, 6.07) is 0. The molecular formula is C11H13BrN6O3. The van der Waals surface area contributed by atoms with Crippen LogP contribution in [0, 0.1) is 10.1 Å². The molecule has 0 bridgehead atoms. The van der Waals surface area contributed by atoms with Crippen LogP contribution >= 0.6 is 15.9 Å². The molecule has 0 aliphatic rings. The molecule has 1 amide bonds. The predicted molar refractivity (Wildman–Crippen MR) is 76.7 cm³/mol. The first kappa shape index (κ1) is 15.2. The number of nitro groups is 1. The van der Waals surface area contributed by atoms with Crippen LogP contribution in [-0.4, -0.2) is 36.9 Å². The van der Waals surface area contributed by atoms with E-state index in [2.05, 4.69) is 31.4 Å². The highest BCUT2D eigenvalue weighted by molar-refractivity contribution is 9.10. The Morgan fingerprint density at radius 2 is 2.29 bits per heavy atom. The van der Waals surface area contributed by atoms with Gasteiger partial charge in [0.2, 0.25) is 5.69 Å². The number of amides is 1. The molecule has 2 aromatic heterocycles. The quantitative estimate of drug-likeness (QED) is 0.473. The van der Waals surface area contributed by atoms with Gasteiger partial charge in [0.15, 0.2) is 0 Å². The number of hydrogen-bond acceptors (Lipinski definition) is 5. The van der Waals surface area contributed by atoms with E-state index in [1.165, 1.54) is 17.9 Å². The maximum atomic E-state index is 11.9. The highest BCUT2D eigenvalue weighted by atomic mass is 79.9. The number of hydrogen-bond donors (Lipinski definition) is 1. The van der Waals surface area contributed by atoms with E-state index < -0.39 is 10.8 Å². The van der Waals surface area contributed by atoms with Gasteiger partial charge in [0, 0.05) is 26.3 Å². The van der Waals surface area contributed by atoms with Gasteiger partial charge in [-0.15, -0.1) is 0 Å². The maximum Gasteiger partial charge on any atom is 0.320 e. The van der Waals surface area contributed by atoms with Crippen LogP contribution in [-0.2, 0) is 13.6 Å². The van der Waals surface area contributed by atoms with Crippen LogP contribution < -0.4 is 5.32 Å². The number of carbonyl (C=O) groups excluding carboxylic acids is 1. The molecule has 0 aliphatic heterocycles. The zero-order valence-corrected chi connectivity index (χ0v) is 12.8. The summed E-state index contributed by atoms with van der Waals surface area (Å²) in [5.41, 5.74) is -0.477. The third kappa shape index (κ3) is 3.88. The van der Waals surface area contributed by atoms with Crippen molar-refractivity contribution >= 4 is 27.5 Å². The van der Waals surface area contributed by atoms with Crippen molar-refractivity contribution in [2.45, 2.75) is 13.0 Å². The van der Waals surface area contributed by atoms with Crippen molar-refractivity contribution < 1.29 is 9.72 Å². The van der Waals surface area contributed by atoms with E-state index in [0.717, 1.165) is 4.47 Å². The second kappa shape index (κ2) is 6.48. The first-order valence-electron chi connectivity index (χ1n) is 6.11. The lowest BCUT2D eigenvalue weighted by molar-refractivity contribution is -0.385. The normalized spacial score (nSPS) is 10.6. The lowest BCUT2D eigenvalue weighted by Crippen LogP contribution is -2.26. The van der Waals surface area contributed by atoms with E-state index in [1.54, 1.807) is 10.9 Å². The molecule has 9 nitrogen and oxygen atoms in total. The molecule has 1 N–H and O–H groups in total. The summed E-state index contributed by atoms with van der Waals surface area (Å²) in [5.74, 6) is -0.552. The summed E-state index contributed by atoms with van der Waals surface area (Å²) >= 11 is 3.29. The highest BCUT2D eigenvalue weighted by Crippen LogP contribution is 2.15. The van der Waals surface area contributed by atoms with Crippen LogP contribution in [0.15, 0.2) is 23.1 Å². The van der Waals surface area contributed by atoms with Crippen LogP contribution in [0.1, 0.15) is 16.9 Å². The largest absolute Gasteiger partial charge is 0.350 e. The molecule has 0 saturated heterocycles. The molecule has 2 aromatic rings. The van der Waals surface area contributed by atoms with Crippen molar-refractivity contribution in [3.63, 3.8) is 0 Å². The lowest BCUT2D eigenvalue weighted by Gasteiger charge is -2.03. The highest BCUT2D eigenvalue weighted by Gasteiger charge is 2.24. The topological polar surface area (TPSA) is 108 Å². The van der Waals surface area contributed by atoms with Crippen LogP contribution in [0.3, 0.4) is 0 Å². The lowest BCUT2D eigenvalue weighted by atomic mass is 10.3. The Morgan fingerprint density at radius 3 is 2.90 bits per heavy atom. The Morgan fingerprint density at radius 1 is 1.52 bits per heavy atom. The van der Waals surface area contributed by atoms with E-state index in [4.69, 9.17) is 0 Å². The van der Waals surface area contributed by atoms with Gasteiger partial charge in [-0.3, -0.25) is 24.3 Å². The van der Waals surface area contributed by atoms with Crippen LogP contribution in [0.4, 0.5) is 5.69 Å². The van der Waals surface area contributed by atoms with Crippen LogP contribution in [0.25, 0.3) is 0 Å². The SMILES string of the molecule is Cn1cc([N+](=O)[O-])c(C(=O)NCCCn2cc(Br)cn2)n1. The van der Waals surface area contributed by atoms with E-state index in [-0.39, 0.29) is 11.4 Å². The fourth-order valence-corrected chi connectivity index (χ4v) is 2.09. The fraction of sp³-hybridized carbons (Fsp3) is 0.364. The number of halogens is 1. The molecule has 112 valence electrons. The molecule has 2 heterocycles. The molecule has 0 atom stereocenters. The molecule has 0 fully saturated rings. The molecule has 0 spiro atoms. The monoisotopic (exact) mass is 356 g/mol. The third-order valence-corrected chi connectivity index (χ3v) is 3.08. The first-order chi connectivity index (χ1) is 9.97. The van der Waals surface area contributed by atoms with Crippen molar-refractivity contribution in [2.75, 3.05) is 6.54 Å². The van der Waals surface area contributed by atoms with Gasteiger partial charge in [-0.2, -0.15) is 10.2 Å². The summed E-state index contributed by atoms with van der Waals surface area (Å²) in [7, 11) is 1.53. The van der Waals surface area contributed by atoms with Gasteiger partial charge in [0.05, 0.1) is 15.6 Å². The summed E-state index contributed by atoms with van der Waals surface area (Å²) in [6.45, 7) is 1.01. The maximum absolute atomic E-state index is 11.9. The molecule has 0 aromatic carbocycles. The zero-order valence-electron chi connectivity index (χ0n) is 11.2. The molecule has 0 unspecified atom stereocenters. The fourth-order valence-electron chi connectivity index (χ4n) is 1.76. The Bertz CT molecular complexity index is 665. The molecule has 0 radical (unpaired) electrons. The Hall–Kier alpha value is -2.23. The molecule has 2 rings (SSSR count). The van der Waals surface area contributed by atoms with Crippen LogP contribution in [0.2, 0.25) is 0 Å². The number of rotatable bonds is 6. The van der Waals surface area contributed by atoms with Crippen molar-refractivity contribution in [1.29, 1.82) is 0 Å². The van der Waals surface area contributed by atoms with Gasteiger partial charge in [0.1, 0.15) is 6.20 Å². The summed E-state index contributed by atoms with van der Waals surface area (Å²) in [6.07, 6.45) is 5.36. The molecule has 21 heavy (non-hydrogen) atoms. The number of nitrogens with zero attached hydrogens (tertiary/aromatic N) is 5. The standard InChI is InChI=1S/C11H13BrN6O3/c1-16-7-9(18(20)21)10(15-16)11(19)13-3-2-4-17-6-8(12)5-14-17/h5-7H,2-4H2,1H3,(H,13,19). The summed E-state index contributed by atoms with van der Waals surface area (Å²) in [5, 5.41) is 21.3. The smallest absolute Gasteiger partial charge is 0.320 e. The molecular weight excluding hydrogens is 344 g/mol. The average Bonchev–Trinajstić information content (AvgIpc) is 3.00. The molecule has 0 saturated carbocycles. The summed E-state index contributed by atoms with van der Waals surface area (Å²) < 4.78 is 3.86. The second-order valence-corrected chi connectivity index (χ2v) is 5.24. The van der Waals surface area contributed by atoms with Crippen molar-refractivity contribution in [1.82, 2.24) is 24.9 Å². The number of aryl methyl sites for hydroxylation is 2. The minimum atomic E-state index is -0.622. The number of carbonyl (C=O) groups is 1. The summed E-state index contributed by atoms with van der Waals surface area (Å²) in [4.78, 5) is 22.1. The Labute approximate surface area is 128 Å². The van der Waals surface area contributed by atoms with Gasteiger partial charge in [-0.05, 0) is 22.4 Å². The molecule has 0 aliphatic carbocycles. The van der Waals surface area contributed by atoms with E-state index in [0.29, 0.717) is 19.5 Å². The molecule has 10 heteroatoms. The van der Waals surface area contributed by atoms with Crippen molar-refractivity contribution in [2.24, 2.45) is 7.05 Å². The van der Waals surface area contributed by atoms with Gasteiger partial charge in [0.25, 0.3) is 5.91 Å². The Balaban J connectivity index is 1.86. The second-order valence-electron chi connectivity index (χ2n) is 4.32.